The van der Waals surface area contributed by atoms with Gasteiger partial charge in [-0.2, -0.15) is 10.5 Å². The maximum Gasteiger partial charge on any atom is 0.173 e. The van der Waals surface area contributed by atoms with Crippen LogP contribution in [0.15, 0.2) is 42.5 Å². The van der Waals surface area contributed by atoms with Gasteiger partial charge in [0.05, 0.1) is 29.2 Å². The fourth-order valence-corrected chi connectivity index (χ4v) is 4.50. The molecule has 4 rings (SSSR count). The summed E-state index contributed by atoms with van der Waals surface area (Å²) in [6.07, 6.45) is 4.76. The lowest BCUT2D eigenvalue weighted by atomic mass is 9.75. The number of rotatable bonds is 3. The Labute approximate surface area is 159 Å². The topological polar surface area (TPSA) is 73.9 Å². The first-order valence-corrected chi connectivity index (χ1v) is 9.42. The normalized spacial score (nSPS) is 19.8. The van der Waals surface area contributed by atoms with Gasteiger partial charge in [0.2, 0.25) is 0 Å². The SMILES string of the molecule is N#CCCC1C(=O)c2ccc(-c3cccc(C#N)c3)cc2OC12CCCC2. The molecule has 1 aliphatic carbocycles. The van der Waals surface area contributed by atoms with Gasteiger partial charge in [0, 0.05) is 6.42 Å². The highest BCUT2D eigenvalue weighted by atomic mass is 16.5. The fourth-order valence-electron chi connectivity index (χ4n) is 4.50. The molecule has 1 unspecified atom stereocenters. The summed E-state index contributed by atoms with van der Waals surface area (Å²) < 4.78 is 6.48. The third kappa shape index (κ3) is 2.98. The summed E-state index contributed by atoms with van der Waals surface area (Å²) in [7, 11) is 0. The van der Waals surface area contributed by atoms with E-state index in [2.05, 4.69) is 12.1 Å². The van der Waals surface area contributed by atoms with Gasteiger partial charge in [0.15, 0.2) is 5.78 Å². The predicted octanol–water partition coefficient (Wildman–Crippen LogP) is 5.03. The molecule has 0 saturated heterocycles. The standard InChI is InChI=1S/C23H20N2O2/c24-12-4-7-20-22(26)19-9-8-18(17-6-3-5-16(13-17)15-25)14-21(19)27-23(20)10-1-2-11-23/h3,5-6,8-9,13-14,20H,1-2,4,7,10-11H2. The maximum absolute atomic E-state index is 13.2. The van der Waals surface area contributed by atoms with Gasteiger partial charge >= 0.3 is 0 Å². The van der Waals surface area contributed by atoms with Gasteiger partial charge in [-0.1, -0.05) is 18.2 Å². The van der Waals surface area contributed by atoms with Crippen LogP contribution in [0.3, 0.4) is 0 Å². The number of ketones is 1. The quantitative estimate of drug-likeness (QED) is 0.773. The van der Waals surface area contributed by atoms with Crippen LogP contribution in [-0.2, 0) is 0 Å². The largest absolute Gasteiger partial charge is 0.486 e. The van der Waals surface area contributed by atoms with E-state index in [-0.39, 0.29) is 11.7 Å². The molecule has 1 spiro atoms. The van der Waals surface area contributed by atoms with Gasteiger partial charge in [-0.15, -0.1) is 0 Å². The molecule has 1 atom stereocenters. The second-order valence-corrected chi connectivity index (χ2v) is 7.39. The predicted molar refractivity (Wildman–Crippen MR) is 101 cm³/mol. The lowest BCUT2D eigenvalue weighted by Gasteiger charge is -2.41. The van der Waals surface area contributed by atoms with E-state index in [4.69, 9.17) is 15.3 Å². The molecule has 0 bridgehead atoms. The van der Waals surface area contributed by atoms with Crippen LogP contribution in [-0.4, -0.2) is 11.4 Å². The zero-order valence-corrected chi connectivity index (χ0v) is 15.1. The number of nitriles is 2. The average Bonchev–Trinajstić information content (AvgIpc) is 3.16. The summed E-state index contributed by atoms with van der Waals surface area (Å²) in [6, 6.07) is 17.4. The van der Waals surface area contributed by atoms with Crippen molar-refractivity contribution >= 4 is 5.78 Å². The van der Waals surface area contributed by atoms with Crippen LogP contribution in [0.2, 0.25) is 0 Å². The number of ether oxygens (including phenoxy) is 1. The molecule has 2 aromatic rings. The van der Waals surface area contributed by atoms with Gasteiger partial charge in [0.1, 0.15) is 11.4 Å². The van der Waals surface area contributed by atoms with E-state index in [1.807, 2.05) is 36.4 Å². The Kier molecular flexibility index (Phi) is 4.42. The fraction of sp³-hybridized carbons (Fsp3) is 0.348. The minimum Gasteiger partial charge on any atom is -0.486 e. The van der Waals surface area contributed by atoms with E-state index in [9.17, 15) is 4.79 Å². The Morgan fingerprint density at radius 2 is 1.85 bits per heavy atom. The molecule has 2 aliphatic rings. The zero-order chi connectivity index (χ0) is 18.9. The molecular formula is C23H20N2O2. The summed E-state index contributed by atoms with van der Waals surface area (Å²) in [5.74, 6) is 0.501. The van der Waals surface area contributed by atoms with E-state index < -0.39 is 5.60 Å². The van der Waals surface area contributed by atoms with Crippen molar-refractivity contribution in [3.05, 3.63) is 53.6 Å². The summed E-state index contributed by atoms with van der Waals surface area (Å²) in [5, 5.41) is 18.1. The number of hydrogen-bond acceptors (Lipinski definition) is 4. The van der Waals surface area contributed by atoms with Gasteiger partial charge < -0.3 is 4.74 Å². The number of hydrogen-bond donors (Lipinski definition) is 0. The third-order valence-electron chi connectivity index (χ3n) is 5.83. The second-order valence-electron chi connectivity index (χ2n) is 7.39. The molecule has 2 aromatic carbocycles. The Hall–Kier alpha value is -3.11. The van der Waals surface area contributed by atoms with Crippen molar-refractivity contribution in [2.45, 2.75) is 44.1 Å². The molecule has 4 nitrogen and oxygen atoms in total. The van der Waals surface area contributed by atoms with Gasteiger partial charge in [0.25, 0.3) is 0 Å². The molecule has 134 valence electrons. The Balaban J connectivity index is 1.75. The first-order chi connectivity index (χ1) is 13.2. The van der Waals surface area contributed by atoms with Crippen molar-refractivity contribution in [3.63, 3.8) is 0 Å². The molecule has 0 N–H and O–H groups in total. The van der Waals surface area contributed by atoms with Crippen LogP contribution in [0, 0.1) is 28.6 Å². The van der Waals surface area contributed by atoms with Crippen LogP contribution in [0.25, 0.3) is 11.1 Å². The van der Waals surface area contributed by atoms with Crippen LogP contribution < -0.4 is 4.74 Å². The van der Waals surface area contributed by atoms with Crippen molar-refractivity contribution in [1.29, 1.82) is 10.5 Å². The second kappa shape index (κ2) is 6.89. The van der Waals surface area contributed by atoms with Gasteiger partial charge in [-0.05, 0) is 67.5 Å². The van der Waals surface area contributed by atoms with E-state index in [1.165, 1.54) is 0 Å². The number of nitrogens with zero attached hydrogens (tertiary/aromatic N) is 2. The summed E-state index contributed by atoms with van der Waals surface area (Å²) in [5.41, 5.74) is 2.61. The van der Waals surface area contributed by atoms with Crippen molar-refractivity contribution in [2.75, 3.05) is 0 Å². The van der Waals surface area contributed by atoms with Crippen molar-refractivity contribution in [3.8, 4) is 29.0 Å². The molecule has 1 fully saturated rings. The van der Waals surface area contributed by atoms with Crippen molar-refractivity contribution in [1.82, 2.24) is 0 Å². The smallest absolute Gasteiger partial charge is 0.173 e. The Morgan fingerprint density at radius 3 is 2.59 bits per heavy atom. The number of carbonyl (C=O) groups excluding carboxylic acids is 1. The van der Waals surface area contributed by atoms with E-state index in [1.54, 1.807) is 6.07 Å². The highest BCUT2D eigenvalue weighted by Crippen LogP contribution is 2.48. The third-order valence-corrected chi connectivity index (χ3v) is 5.83. The molecule has 1 heterocycles. The average molecular weight is 356 g/mol. The first kappa shape index (κ1) is 17.3. The van der Waals surface area contributed by atoms with Gasteiger partial charge in [-0.25, -0.2) is 0 Å². The van der Waals surface area contributed by atoms with Crippen LogP contribution in [0.5, 0.6) is 5.75 Å². The summed E-state index contributed by atoms with van der Waals surface area (Å²) in [4.78, 5) is 13.2. The highest BCUT2D eigenvalue weighted by molar-refractivity contribution is 6.02. The van der Waals surface area contributed by atoms with E-state index in [0.29, 0.717) is 29.7 Å². The Bertz CT molecular complexity index is 975. The molecule has 0 aromatic heterocycles. The number of carbonyl (C=O) groups is 1. The summed E-state index contributed by atoms with van der Waals surface area (Å²) in [6.45, 7) is 0. The molecule has 1 aliphatic heterocycles. The minimum atomic E-state index is -0.464. The molecule has 27 heavy (non-hydrogen) atoms. The molecule has 0 amide bonds. The summed E-state index contributed by atoms with van der Waals surface area (Å²) >= 11 is 0. The highest BCUT2D eigenvalue weighted by Gasteiger charge is 2.50. The lowest BCUT2D eigenvalue weighted by Crippen LogP contribution is -2.48. The zero-order valence-electron chi connectivity index (χ0n) is 15.1. The maximum atomic E-state index is 13.2. The first-order valence-electron chi connectivity index (χ1n) is 9.42. The molecule has 0 radical (unpaired) electrons. The van der Waals surface area contributed by atoms with Crippen molar-refractivity contribution in [2.24, 2.45) is 5.92 Å². The molecule has 4 heteroatoms. The lowest BCUT2D eigenvalue weighted by molar-refractivity contribution is 0.00319. The Morgan fingerprint density at radius 1 is 1.07 bits per heavy atom. The van der Waals surface area contributed by atoms with Crippen LogP contribution in [0.1, 0.15) is 54.4 Å². The minimum absolute atomic E-state index is 0.103. The van der Waals surface area contributed by atoms with Crippen LogP contribution >= 0.6 is 0 Å². The van der Waals surface area contributed by atoms with E-state index >= 15 is 0 Å². The van der Waals surface area contributed by atoms with E-state index in [0.717, 1.165) is 36.8 Å². The molecule has 1 saturated carbocycles. The van der Waals surface area contributed by atoms with Crippen LogP contribution in [0.4, 0.5) is 0 Å². The number of fused-ring (bicyclic) bond motifs is 1. The van der Waals surface area contributed by atoms with Crippen molar-refractivity contribution < 1.29 is 9.53 Å². The number of benzene rings is 2. The molecular weight excluding hydrogens is 336 g/mol. The monoisotopic (exact) mass is 356 g/mol. The number of Topliss-reactive ketones (excluding diaryl/α,β-unsaturated/α-hetero) is 1. The van der Waals surface area contributed by atoms with Gasteiger partial charge in [-0.3, -0.25) is 4.79 Å².